The zero-order valence-electron chi connectivity index (χ0n) is 16.2. The van der Waals surface area contributed by atoms with E-state index in [1.807, 2.05) is 47.2 Å². The van der Waals surface area contributed by atoms with Gasteiger partial charge in [0.05, 0.1) is 5.57 Å². The molecule has 0 unspecified atom stereocenters. The second-order valence-electron chi connectivity index (χ2n) is 7.58. The molecule has 0 spiro atoms. The van der Waals surface area contributed by atoms with Crippen molar-refractivity contribution < 1.29 is 4.79 Å². The Kier molecular flexibility index (Phi) is 5.08. The Bertz CT molecular complexity index is 1130. The van der Waals surface area contributed by atoms with Crippen molar-refractivity contribution in [3.63, 3.8) is 0 Å². The normalized spacial score (nSPS) is 21.1. The van der Waals surface area contributed by atoms with E-state index in [-0.39, 0.29) is 11.4 Å². The van der Waals surface area contributed by atoms with E-state index >= 15 is 0 Å². The molecule has 5 rings (SSSR count). The molecule has 2 aromatic rings. The Morgan fingerprint density at radius 1 is 1.17 bits per heavy atom. The summed E-state index contributed by atoms with van der Waals surface area (Å²) in [7, 11) is 0. The summed E-state index contributed by atoms with van der Waals surface area (Å²) in [4.78, 5) is 17.0. The van der Waals surface area contributed by atoms with Gasteiger partial charge in [0.2, 0.25) is 5.17 Å². The Morgan fingerprint density at radius 3 is 2.80 bits per heavy atom. The van der Waals surface area contributed by atoms with Crippen LogP contribution in [0, 0.1) is 11.3 Å². The van der Waals surface area contributed by atoms with E-state index in [1.165, 1.54) is 36.0 Å². The highest BCUT2D eigenvalue weighted by Crippen LogP contribution is 2.36. The molecule has 0 saturated heterocycles. The molecule has 1 amide bonds. The summed E-state index contributed by atoms with van der Waals surface area (Å²) in [6.45, 7) is 0. The number of hydrogen-bond acceptors (Lipinski definition) is 4. The fourth-order valence-electron chi connectivity index (χ4n) is 4.04. The third kappa shape index (κ3) is 3.52. The SMILES string of the molecule is N=C1/C(=C\c2cccn2-c2cccc(Cl)c2)C(=O)N=C2SC(C3CCCCC3)=NN12. The molecule has 1 saturated carbocycles. The lowest BCUT2D eigenvalue weighted by atomic mass is 9.90. The van der Waals surface area contributed by atoms with Crippen LogP contribution in [-0.2, 0) is 4.79 Å². The van der Waals surface area contributed by atoms with Gasteiger partial charge in [-0.15, -0.1) is 0 Å². The van der Waals surface area contributed by atoms with Crippen LogP contribution in [0.25, 0.3) is 11.8 Å². The lowest BCUT2D eigenvalue weighted by Crippen LogP contribution is -2.35. The number of aromatic nitrogens is 1. The predicted octanol–water partition coefficient (Wildman–Crippen LogP) is 5.33. The zero-order valence-corrected chi connectivity index (χ0v) is 17.8. The summed E-state index contributed by atoms with van der Waals surface area (Å²) in [5.41, 5.74) is 1.88. The van der Waals surface area contributed by atoms with Gasteiger partial charge in [0.25, 0.3) is 5.91 Å². The van der Waals surface area contributed by atoms with Crippen LogP contribution in [0.4, 0.5) is 0 Å². The molecule has 1 aliphatic carbocycles. The second-order valence-corrected chi connectivity index (χ2v) is 9.00. The van der Waals surface area contributed by atoms with Crippen molar-refractivity contribution in [1.82, 2.24) is 9.58 Å². The molecular weight excluding hydrogens is 418 g/mol. The minimum Gasteiger partial charge on any atom is -0.317 e. The number of hydrazone groups is 1. The van der Waals surface area contributed by atoms with Crippen LogP contribution in [0.15, 0.2) is 58.3 Å². The molecule has 30 heavy (non-hydrogen) atoms. The number of amidine groups is 2. The lowest BCUT2D eigenvalue weighted by Gasteiger charge is -2.20. The van der Waals surface area contributed by atoms with Crippen LogP contribution in [0.3, 0.4) is 0 Å². The van der Waals surface area contributed by atoms with Crippen molar-refractivity contribution in [2.45, 2.75) is 32.1 Å². The van der Waals surface area contributed by atoms with Crippen LogP contribution in [-0.4, -0.2) is 31.5 Å². The predicted molar refractivity (Wildman–Crippen MR) is 122 cm³/mol. The van der Waals surface area contributed by atoms with Gasteiger partial charge in [0.1, 0.15) is 5.04 Å². The van der Waals surface area contributed by atoms with Gasteiger partial charge < -0.3 is 4.57 Å². The minimum absolute atomic E-state index is 0.0714. The monoisotopic (exact) mass is 437 g/mol. The van der Waals surface area contributed by atoms with Gasteiger partial charge in [0.15, 0.2) is 5.84 Å². The number of hydrogen-bond donors (Lipinski definition) is 1. The Hall–Kier alpha value is -2.64. The number of benzene rings is 1. The maximum atomic E-state index is 12.7. The van der Waals surface area contributed by atoms with Crippen LogP contribution < -0.4 is 0 Å². The number of nitrogens with one attached hydrogen (secondary N) is 1. The number of amides is 1. The first-order chi connectivity index (χ1) is 14.6. The van der Waals surface area contributed by atoms with Crippen molar-refractivity contribution in [2.75, 3.05) is 0 Å². The van der Waals surface area contributed by atoms with Gasteiger partial charge >= 0.3 is 0 Å². The van der Waals surface area contributed by atoms with E-state index in [1.54, 1.807) is 6.08 Å². The molecule has 0 radical (unpaired) electrons. The molecule has 3 aliphatic rings. The standard InChI is InChI=1S/C22H20ClN5OS/c23-15-8-4-9-16(12-15)27-11-5-10-17(27)13-18-19(24)28-22(25-20(18)29)30-21(26-28)14-6-2-1-3-7-14/h4-5,8-14,24H,1-3,6-7H2/b18-13+,24-19?. The summed E-state index contributed by atoms with van der Waals surface area (Å²) >= 11 is 7.57. The fourth-order valence-corrected chi connectivity index (χ4v) is 5.29. The zero-order chi connectivity index (χ0) is 20.7. The summed E-state index contributed by atoms with van der Waals surface area (Å²) in [5, 5.41) is 16.9. The summed E-state index contributed by atoms with van der Waals surface area (Å²) < 4.78 is 1.92. The van der Waals surface area contributed by atoms with E-state index in [0.717, 1.165) is 29.3 Å². The Labute approximate surface area is 183 Å². The maximum absolute atomic E-state index is 12.7. The lowest BCUT2D eigenvalue weighted by molar-refractivity contribution is -0.114. The molecule has 0 atom stereocenters. The second kappa shape index (κ2) is 7.89. The third-order valence-electron chi connectivity index (χ3n) is 5.58. The minimum atomic E-state index is -0.405. The highest BCUT2D eigenvalue weighted by molar-refractivity contribution is 8.27. The number of aliphatic imine (C=N–C) groups is 1. The van der Waals surface area contributed by atoms with E-state index in [4.69, 9.17) is 17.0 Å². The summed E-state index contributed by atoms with van der Waals surface area (Å²) in [6.07, 6.45) is 9.51. The molecule has 6 nitrogen and oxygen atoms in total. The summed E-state index contributed by atoms with van der Waals surface area (Å²) in [6, 6.07) is 11.3. The highest BCUT2D eigenvalue weighted by Gasteiger charge is 2.38. The number of rotatable bonds is 3. The molecule has 3 heterocycles. The molecule has 1 aromatic carbocycles. The highest BCUT2D eigenvalue weighted by atomic mass is 35.5. The number of carbonyl (C=O) groups excluding carboxylic acids is 1. The Balaban J connectivity index is 1.47. The number of carbonyl (C=O) groups is 1. The van der Waals surface area contributed by atoms with Crippen molar-refractivity contribution >= 4 is 51.4 Å². The van der Waals surface area contributed by atoms with E-state index in [0.29, 0.717) is 16.1 Å². The van der Waals surface area contributed by atoms with Crippen molar-refractivity contribution in [2.24, 2.45) is 16.0 Å². The molecule has 1 aromatic heterocycles. The number of nitrogens with zero attached hydrogens (tertiary/aromatic N) is 4. The number of halogens is 1. The number of fused-ring (bicyclic) bond motifs is 1. The van der Waals surface area contributed by atoms with Gasteiger partial charge in [-0.25, -0.2) is 0 Å². The first-order valence-corrected chi connectivity index (χ1v) is 11.2. The largest absolute Gasteiger partial charge is 0.317 e. The first-order valence-electron chi connectivity index (χ1n) is 10.0. The third-order valence-corrected chi connectivity index (χ3v) is 6.89. The molecule has 152 valence electrons. The number of thioether (sulfide) groups is 1. The quantitative estimate of drug-likeness (QED) is 0.659. The van der Waals surface area contributed by atoms with E-state index in [9.17, 15) is 4.79 Å². The Morgan fingerprint density at radius 2 is 2.00 bits per heavy atom. The molecule has 8 heteroatoms. The molecule has 0 bridgehead atoms. The molecule has 1 N–H and O–H groups in total. The van der Waals surface area contributed by atoms with Crippen molar-refractivity contribution in [3.8, 4) is 5.69 Å². The topological polar surface area (TPSA) is 73.8 Å². The smallest absolute Gasteiger partial charge is 0.283 e. The molecule has 1 fully saturated rings. The molecule has 2 aliphatic heterocycles. The van der Waals surface area contributed by atoms with Crippen LogP contribution >= 0.6 is 23.4 Å². The van der Waals surface area contributed by atoms with Crippen LogP contribution in [0.5, 0.6) is 0 Å². The average molecular weight is 438 g/mol. The van der Waals surface area contributed by atoms with Gasteiger partial charge in [-0.3, -0.25) is 10.2 Å². The van der Waals surface area contributed by atoms with Crippen LogP contribution in [0.2, 0.25) is 5.02 Å². The van der Waals surface area contributed by atoms with Crippen molar-refractivity contribution in [3.05, 3.63) is 58.9 Å². The summed E-state index contributed by atoms with van der Waals surface area (Å²) in [5.74, 6) is 0.0762. The van der Waals surface area contributed by atoms with Gasteiger partial charge in [-0.1, -0.05) is 36.9 Å². The average Bonchev–Trinajstić information content (AvgIpc) is 3.39. The first kappa shape index (κ1) is 19.3. The van der Waals surface area contributed by atoms with Crippen LogP contribution in [0.1, 0.15) is 37.8 Å². The van der Waals surface area contributed by atoms with E-state index in [2.05, 4.69) is 10.1 Å². The molecular formula is C22H20ClN5OS. The van der Waals surface area contributed by atoms with Gasteiger partial charge in [-0.2, -0.15) is 15.1 Å². The van der Waals surface area contributed by atoms with Gasteiger partial charge in [0, 0.05) is 28.5 Å². The fraction of sp³-hybridized carbons (Fsp3) is 0.273. The van der Waals surface area contributed by atoms with Gasteiger partial charge in [-0.05, 0) is 61.0 Å². The maximum Gasteiger partial charge on any atom is 0.283 e. The van der Waals surface area contributed by atoms with Crippen molar-refractivity contribution in [1.29, 1.82) is 5.41 Å². The van der Waals surface area contributed by atoms with E-state index < -0.39 is 5.91 Å².